The number of pyridine rings is 2. The standard InChI is InChI=1S/C55H69N11O5/c1-34(2)65-33-57-45-30-44(59-50(49(45)65)58-39-10-11-39)36-8-13-43-46(27-36)66(41-28-40(29-41)61-20-4-3-5-21-61)54(71)55(43)18-25-63(26-19-55)53(70)38-7-6-22-64(32-38)52(69)35-16-23-62(24-17-35)47-14-9-37(31-56-47)42-12-15-48(67)60-51(42)68/h8-9,13-14,27,30-31,33-35,38-42H,3-7,10-12,15-26,28-29,32H2,1-2H3,(H,58,59)(H,60,67,68)/t38-,40?,41?,42-/m1/s1. The lowest BCUT2D eigenvalue weighted by molar-refractivity contribution is -0.145. The van der Waals surface area contributed by atoms with Gasteiger partial charge in [-0.2, -0.15) is 0 Å². The number of carbonyl (C=O) groups excluding carboxylic acids is 5. The van der Waals surface area contributed by atoms with Crippen LogP contribution in [0, 0.1) is 11.8 Å². The Bertz CT molecular complexity index is 2720. The second-order valence-corrected chi connectivity index (χ2v) is 22.4. The lowest BCUT2D eigenvalue weighted by Gasteiger charge is -2.48. The molecule has 2 aliphatic carbocycles. The van der Waals surface area contributed by atoms with Crippen LogP contribution in [0.1, 0.15) is 133 Å². The number of likely N-dealkylation sites (tertiary alicyclic amines) is 3. The lowest BCUT2D eigenvalue weighted by atomic mass is 9.73. The van der Waals surface area contributed by atoms with Crippen LogP contribution in [0.2, 0.25) is 0 Å². The Morgan fingerprint density at radius 1 is 0.775 bits per heavy atom. The highest BCUT2D eigenvalue weighted by Crippen LogP contribution is 2.52. The number of amides is 5. The highest BCUT2D eigenvalue weighted by molar-refractivity contribution is 6.09. The molecular formula is C55H69N11O5. The van der Waals surface area contributed by atoms with Gasteiger partial charge in [-0.1, -0.05) is 24.6 Å². The van der Waals surface area contributed by atoms with Crippen LogP contribution in [0.5, 0.6) is 0 Å². The smallest absolute Gasteiger partial charge is 0.238 e. The Kier molecular flexibility index (Phi) is 12.1. The lowest BCUT2D eigenvalue weighted by Crippen LogP contribution is -2.58. The Hall–Kier alpha value is -5.90. The second-order valence-electron chi connectivity index (χ2n) is 22.4. The van der Waals surface area contributed by atoms with Gasteiger partial charge in [0.25, 0.3) is 0 Å². The third-order valence-corrected chi connectivity index (χ3v) is 17.7. The topological polar surface area (TPSA) is 169 Å². The Morgan fingerprint density at radius 2 is 1.55 bits per heavy atom. The number of anilines is 3. The van der Waals surface area contributed by atoms with E-state index < -0.39 is 5.41 Å². The number of nitrogens with zero attached hydrogens (tertiary/aromatic N) is 9. The average molecular weight is 964 g/mol. The number of carbonyl (C=O) groups is 5. The molecule has 8 aliphatic rings. The Morgan fingerprint density at radius 3 is 2.27 bits per heavy atom. The molecule has 6 aliphatic heterocycles. The van der Waals surface area contributed by atoms with Crippen molar-refractivity contribution in [3.8, 4) is 11.3 Å². The molecule has 2 atom stereocenters. The van der Waals surface area contributed by atoms with Crippen molar-refractivity contribution in [2.75, 3.05) is 67.5 Å². The molecule has 16 heteroatoms. The SMILES string of the molecule is CC(C)n1cnc2cc(-c3ccc4c(c3)N(C3CC(N5CCCCC5)C3)C(=O)C43CCN(C(=O)[C@@H]4CCCN(C(=O)C5CCN(c6ccc([C@H]7CCC(=O)NC7=O)cn6)CC5)C4)CC3)nc(NC3CC3)c21. The maximum absolute atomic E-state index is 15.3. The number of imide groups is 1. The first-order valence-electron chi connectivity index (χ1n) is 27.0. The van der Waals surface area contributed by atoms with Crippen molar-refractivity contribution >= 4 is 57.9 Å². The summed E-state index contributed by atoms with van der Waals surface area (Å²) in [6.07, 6.45) is 16.7. The van der Waals surface area contributed by atoms with Crippen molar-refractivity contribution in [2.45, 2.75) is 146 Å². The summed E-state index contributed by atoms with van der Waals surface area (Å²) in [7, 11) is 0. The van der Waals surface area contributed by atoms with Crippen LogP contribution in [-0.2, 0) is 29.4 Å². The van der Waals surface area contributed by atoms with E-state index in [4.69, 9.17) is 9.97 Å². The molecule has 4 aromatic rings. The maximum Gasteiger partial charge on any atom is 0.238 e. The number of rotatable bonds is 10. The summed E-state index contributed by atoms with van der Waals surface area (Å²) in [5.74, 6) is 0.897. The zero-order chi connectivity index (χ0) is 48.5. The van der Waals surface area contributed by atoms with E-state index in [1.165, 1.54) is 19.3 Å². The molecule has 5 amide bonds. The molecule has 0 unspecified atom stereocenters. The normalized spacial score (nSPS) is 26.3. The Balaban J connectivity index is 0.719. The molecule has 9 heterocycles. The fraction of sp³-hybridized carbons (Fsp3) is 0.600. The molecule has 1 spiro atoms. The zero-order valence-corrected chi connectivity index (χ0v) is 41.5. The predicted octanol–water partition coefficient (Wildman–Crippen LogP) is 6.55. The van der Waals surface area contributed by atoms with Crippen molar-refractivity contribution in [3.63, 3.8) is 0 Å². The van der Waals surface area contributed by atoms with Crippen LogP contribution < -0.4 is 20.4 Å². The third-order valence-electron chi connectivity index (χ3n) is 17.7. The van der Waals surface area contributed by atoms with E-state index in [2.05, 4.69) is 73.0 Å². The van der Waals surface area contributed by atoms with Crippen molar-refractivity contribution in [3.05, 3.63) is 60.0 Å². The van der Waals surface area contributed by atoms with Gasteiger partial charge in [0.05, 0.1) is 34.8 Å². The van der Waals surface area contributed by atoms with Crippen LogP contribution in [0.3, 0.4) is 0 Å². The van der Waals surface area contributed by atoms with Crippen molar-refractivity contribution in [1.29, 1.82) is 0 Å². The second kappa shape index (κ2) is 18.6. The summed E-state index contributed by atoms with van der Waals surface area (Å²) in [4.78, 5) is 93.5. The molecule has 5 saturated heterocycles. The van der Waals surface area contributed by atoms with Gasteiger partial charge in [0.1, 0.15) is 11.3 Å². The van der Waals surface area contributed by atoms with Gasteiger partial charge in [-0.15, -0.1) is 0 Å². The van der Waals surface area contributed by atoms with Crippen molar-refractivity contribution in [1.82, 2.24) is 39.5 Å². The van der Waals surface area contributed by atoms with Crippen molar-refractivity contribution < 1.29 is 24.0 Å². The quantitative estimate of drug-likeness (QED) is 0.166. The first-order chi connectivity index (χ1) is 34.5. The number of aromatic nitrogens is 4. The van der Waals surface area contributed by atoms with Crippen LogP contribution in [0.25, 0.3) is 22.3 Å². The highest BCUT2D eigenvalue weighted by atomic mass is 16.2. The number of benzene rings is 1. The first-order valence-corrected chi connectivity index (χ1v) is 27.0. The van der Waals surface area contributed by atoms with Gasteiger partial charge < -0.3 is 34.4 Å². The van der Waals surface area contributed by atoms with E-state index in [9.17, 15) is 19.2 Å². The van der Waals surface area contributed by atoms with Gasteiger partial charge in [0.15, 0.2) is 5.82 Å². The largest absolute Gasteiger partial charge is 0.366 e. The average Bonchev–Trinajstić information content (AvgIpc) is 4.05. The van der Waals surface area contributed by atoms with E-state index in [1.807, 2.05) is 28.3 Å². The summed E-state index contributed by atoms with van der Waals surface area (Å²) in [5, 5.41) is 6.13. The number of imidazole rings is 1. The molecule has 7 fully saturated rings. The predicted molar refractivity (Wildman–Crippen MR) is 271 cm³/mol. The van der Waals surface area contributed by atoms with Crippen LogP contribution in [-0.4, -0.2) is 134 Å². The van der Waals surface area contributed by atoms with Gasteiger partial charge in [-0.05, 0) is 140 Å². The number of hydrogen-bond acceptors (Lipinski definition) is 11. The van der Waals surface area contributed by atoms with E-state index in [-0.39, 0.29) is 59.4 Å². The minimum Gasteiger partial charge on any atom is -0.366 e. The maximum atomic E-state index is 15.3. The molecule has 374 valence electrons. The fourth-order valence-corrected chi connectivity index (χ4v) is 13.2. The molecule has 3 aromatic heterocycles. The number of fused-ring (bicyclic) bond motifs is 3. The van der Waals surface area contributed by atoms with Gasteiger partial charge in [-0.25, -0.2) is 15.0 Å². The van der Waals surface area contributed by atoms with E-state index >= 15 is 4.79 Å². The van der Waals surface area contributed by atoms with Crippen molar-refractivity contribution in [2.24, 2.45) is 11.8 Å². The monoisotopic (exact) mass is 964 g/mol. The molecular weight excluding hydrogens is 895 g/mol. The highest BCUT2D eigenvalue weighted by Gasteiger charge is 2.56. The number of hydrogen-bond donors (Lipinski definition) is 2. The summed E-state index contributed by atoms with van der Waals surface area (Å²) >= 11 is 0. The third kappa shape index (κ3) is 8.54. The minimum atomic E-state index is -0.693. The number of nitrogens with one attached hydrogen (secondary N) is 2. The molecule has 2 N–H and O–H groups in total. The Labute approximate surface area is 416 Å². The molecule has 0 radical (unpaired) electrons. The first kappa shape index (κ1) is 46.2. The summed E-state index contributed by atoms with van der Waals surface area (Å²) in [6, 6.07) is 13.8. The van der Waals surface area contributed by atoms with Gasteiger partial charge >= 0.3 is 0 Å². The van der Waals surface area contributed by atoms with Gasteiger partial charge in [-0.3, -0.25) is 29.3 Å². The summed E-state index contributed by atoms with van der Waals surface area (Å²) < 4.78 is 2.20. The molecule has 2 saturated carbocycles. The number of piperidine rings is 5. The van der Waals surface area contributed by atoms with E-state index in [1.54, 1.807) is 6.20 Å². The summed E-state index contributed by atoms with van der Waals surface area (Å²) in [6.45, 7) is 10.2. The summed E-state index contributed by atoms with van der Waals surface area (Å²) in [5.41, 5.74) is 5.98. The van der Waals surface area contributed by atoms with E-state index in [0.717, 1.165) is 102 Å². The molecule has 71 heavy (non-hydrogen) atoms. The van der Waals surface area contributed by atoms with E-state index in [0.29, 0.717) is 89.9 Å². The van der Waals surface area contributed by atoms with Gasteiger partial charge in [0, 0.05) is 93.2 Å². The molecule has 1 aromatic carbocycles. The van der Waals surface area contributed by atoms with Gasteiger partial charge in [0.2, 0.25) is 29.5 Å². The van der Waals surface area contributed by atoms with Crippen LogP contribution in [0.15, 0.2) is 48.9 Å². The van der Waals surface area contributed by atoms with Crippen LogP contribution >= 0.6 is 0 Å². The van der Waals surface area contributed by atoms with Crippen LogP contribution in [0.4, 0.5) is 17.3 Å². The zero-order valence-electron chi connectivity index (χ0n) is 41.5. The molecule has 16 nitrogen and oxygen atoms in total. The fourth-order valence-electron chi connectivity index (χ4n) is 13.2. The molecule has 0 bridgehead atoms. The molecule has 12 rings (SSSR count). The minimum absolute atomic E-state index is 0.107.